The molecule has 3 fully saturated rings. The molecule has 1 heterocycles. The summed E-state index contributed by atoms with van der Waals surface area (Å²) in [5, 5.41) is 7.87. The first-order valence-corrected chi connectivity index (χ1v) is 13.1. The highest BCUT2D eigenvalue weighted by Crippen LogP contribution is 2.27. The maximum Gasteiger partial charge on any atom is 0.225 e. The first-order valence-electron chi connectivity index (χ1n) is 11.8. The van der Waals surface area contributed by atoms with Gasteiger partial charge in [-0.2, -0.15) is 11.8 Å². The molecular weight excluding hydrogens is 509 g/mol. The fraction of sp³-hybridized carbons (Fsp3) is 0.909. The lowest BCUT2D eigenvalue weighted by atomic mass is 9.95. The number of amides is 1. The number of nitrogens with zero attached hydrogens (tertiary/aromatic N) is 3. The Morgan fingerprint density at radius 1 is 1.07 bits per heavy atom. The molecule has 0 aromatic carbocycles. The summed E-state index contributed by atoms with van der Waals surface area (Å²) >= 11 is 2.00. The SMILES string of the molecule is CCNC(=NCCN1CCN(C(=O)C2CCCC2)CC1)NC1CCCC(SC)C1.I. The normalized spacial score (nSPS) is 26.3. The highest BCUT2D eigenvalue weighted by Gasteiger charge is 2.29. The molecule has 1 amide bonds. The van der Waals surface area contributed by atoms with Crippen LogP contribution in [0, 0.1) is 5.92 Å². The third kappa shape index (κ3) is 8.04. The molecule has 8 heteroatoms. The molecule has 0 bridgehead atoms. The van der Waals surface area contributed by atoms with Gasteiger partial charge in [0.25, 0.3) is 0 Å². The van der Waals surface area contributed by atoms with Crippen molar-refractivity contribution in [2.45, 2.75) is 69.6 Å². The molecule has 2 aliphatic carbocycles. The van der Waals surface area contributed by atoms with E-state index in [0.717, 1.165) is 69.9 Å². The van der Waals surface area contributed by atoms with Crippen molar-refractivity contribution in [2.24, 2.45) is 10.9 Å². The van der Waals surface area contributed by atoms with Crippen molar-refractivity contribution >= 4 is 47.6 Å². The van der Waals surface area contributed by atoms with E-state index in [0.29, 0.717) is 17.9 Å². The number of aliphatic imine (C=N–C) groups is 1. The zero-order valence-electron chi connectivity index (χ0n) is 18.9. The van der Waals surface area contributed by atoms with E-state index in [4.69, 9.17) is 4.99 Å². The van der Waals surface area contributed by atoms with Crippen LogP contribution in [0.5, 0.6) is 0 Å². The standard InChI is InChI=1S/C22H41N5OS.HI/c1-3-23-22(25-19-9-6-10-20(17-19)29-2)24-11-12-26-13-15-27(16-14-26)21(28)18-7-4-5-8-18;/h18-20H,3-17H2,1-2H3,(H2,23,24,25);1H. The quantitative estimate of drug-likeness (QED) is 0.289. The second-order valence-electron chi connectivity index (χ2n) is 8.77. The summed E-state index contributed by atoms with van der Waals surface area (Å²) in [6.45, 7) is 8.54. The Labute approximate surface area is 204 Å². The van der Waals surface area contributed by atoms with Crippen molar-refractivity contribution in [3.8, 4) is 0 Å². The predicted octanol–water partition coefficient (Wildman–Crippen LogP) is 3.17. The summed E-state index contributed by atoms with van der Waals surface area (Å²) < 4.78 is 0. The van der Waals surface area contributed by atoms with E-state index in [1.807, 2.05) is 11.8 Å². The molecular formula is C22H42IN5OS. The van der Waals surface area contributed by atoms with Gasteiger partial charge in [0.2, 0.25) is 5.91 Å². The fourth-order valence-electron chi connectivity index (χ4n) is 4.93. The Balaban J connectivity index is 0.00000320. The average Bonchev–Trinajstić information content (AvgIpc) is 3.29. The van der Waals surface area contributed by atoms with Gasteiger partial charge < -0.3 is 15.5 Å². The monoisotopic (exact) mass is 551 g/mol. The molecule has 1 saturated heterocycles. The summed E-state index contributed by atoms with van der Waals surface area (Å²) in [6.07, 6.45) is 12.0. The molecule has 2 N–H and O–H groups in total. The van der Waals surface area contributed by atoms with Gasteiger partial charge in [0.05, 0.1) is 6.54 Å². The molecule has 3 aliphatic rings. The van der Waals surface area contributed by atoms with Crippen LogP contribution in [0.25, 0.3) is 0 Å². The second kappa shape index (κ2) is 14.0. The fourth-order valence-corrected chi connectivity index (χ4v) is 5.76. The molecule has 0 spiro atoms. The minimum atomic E-state index is 0. The Hall–Kier alpha value is -0.220. The van der Waals surface area contributed by atoms with Crippen LogP contribution in [0.15, 0.2) is 4.99 Å². The molecule has 2 unspecified atom stereocenters. The summed E-state index contributed by atoms with van der Waals surface area (Å²) in [4.78, 5) is 22.0. The van der Waals surface area contributed by atoms with Gasteiger partial charge in [0, 0.05) is 56.5 Å². The van der Waals surface area contributed by atoms with Crippen molar-refractivity contribution in [1.29, 1.82) is 0 Å². The maximum absolute atomic E-state index is 12.6. The lowest BCUT2D eigenvalue weighted by molar-refractivity contribution is -0.137. The molecule has 0 radical (unpaired) electrons. The summed E-state index contributed by atoms with van der Waals surface area (Å²) in [7, 11) is 0. The van der Waals surface area contributed by atoms with Gasteiger partial charge in [-0.25, -0.2) is 0 Å². The van der Waals surface area contributed by atoms with Crippen LogP contribution in [-0.4, -0.2) is 85.0 Å². The summed E-state index contributed by atoms with van der Waals surface area (Å²) in [6, 6.07) is 0.546. The number of rotatable bonds is 7. The first kappa shape index (κ1) is 26.0. The lowest BCUT2D eigenvalue weighted by Gasteiger charge is -2.35. The van der Waals surface area contributed by atoms with E-state index in [2.05, 4.69) is 33.6 Å². The number of thioether (sulfide) groups is 1. The largest absolute Gasteiger partial charge is 0.357 e. The van der Waals surface area contributed by atoms with E-state index in [-0.39, 0.29) is 24.0 Å². The van der Waals surface area contributed by atoms with Crippen molar-refractivity contribution in [3.63, 3.8) is 0 Å². The zero-order chi connectivity index (χ0) is 20.5. The molecule has 2 saturated carbocycles. The van der Waals surface area contributed by atoms with Crippen LogP contribution < -0.4 is 10.6 Å². The van der Waals surface area contributed by atoms with E-state index in [1.165, 1.54) is 38.5 Å². The number of piperazine rings is 1. The number of hydrogen-bond acceptors (Lipinski definition) is 4. The minimum absolute atomic E-state index is 0. The predicted molar refractivity (Wildman–Crippen MR) is 139 cm³/mol. The first-order chi connectivity index (χ1) is 14.2. The third-order valence-electron chi connectivity index (χ3n) is 6.72. The molecule has 0 aromatic heterocycles. The van der Waals surface area contributed by atoms with E-state index in [9.17, 15) is 4.79 Å². The van der Waals surface area contributed by atoms with Crippen LogP contribution in [0.2, 0.25) is 0 Å². The lowest BCUT2D eigenvalue weighted by Crippen LogP contribution is -2.50. The van der Waals surface area contributed by atoms with Crippen molar-refractivity contribution < 1.29 is 4.79 Å². The van der Waals surface area contributed by atoms with Crippen LogP contribution >= 0.6 is 35.7 Å². The number of nitrogens with one attached hydrogen (secondary N) is 2. The Bertz CT molecular complexity index is 536. The highest BCUT2D eigenvalue weighted by molar-refractivity contribution is 14.0. The summed E-state index contributed by atoms with van der Waals surface area (Å²) in [5.41, 5.74) is 0. The van der Waals surface area contributed by atoms with Gasteiger partial charge in [-0.3, -0.25) is 14.7 Å². The maximum atomic E-state index is 12.6. The molecule has 3 rings (SSSR count). The highest BCUT2D eigenvalue weighted by atomic mass is 127. The molecule has 2 atom stereocenters. The van der Waals surface area contributed by atoms with Gasteiger partial charge in [0.1, 0.15) is 0 Å². The van der Waals surface area contributed by atoms with Gasteiger partial charge in [0.15, 0.2) is 5.96 Å². The van der Waals surface area contributed by atoms with Crippen LogP contribution in [0.4, 0.5) is 0 Å². The number of halogens is 1. The van der Waals surface area contributed by atoms with Crippen LogP contribution in [-0.2, 0) is 4.79 Å². The number of carbonyl (C=O) groups is 1. The van der Waals surface area contributed by atoms with E-state index < -0.39 is 0 Å². The number of carbonyl (C=O) groups excluding carboxylic acids is 1. The molecule has 0 aromatic rings. The topological polar surface area (TPSA) is 60.0 Å². The minimum Gasteiger partial charge on any atom is -0.357 e. The van der Waals surface area contributed by atoms with Crippen molar-refractivity contribution in [1.82, 2.24) is 20.4 Å². The van der Waals surface area contributed by atoms with Crippen molar-refractivity contribution in [2.75, 3.05) is 52.1 Å². The van der Waals surface area contributed by atoms with Gasteiger partial charge in [-0.15, -0.1) is 24.0 Å². The van der Waals surface area contributed by atoms with Gasteiger partial charge in [-0.1, -0.05) is 19.3 Å². The smallest absolute Gasteiger partial charge is 0.225 e. The van der Waals surface area contributed by atoms with Gasteiger partial charge >= 0.3 is 0 Å². The van der Waals surface area contributed by atoms with E-state index >= 15 is 0 Å². The van der Waals surface area contributed by atoms with Gasteiger partial charge in [-0.05, 0) is 45.3 Å². The molecule has 174 valence electrons. The van der Waals surface area contributed by atoms with E-state index in [1.54, 1.807) is 0 Å². The number of hydrogen-bond donors (Lipinski definition) is 2. The average molecular weight is 552 g/mol. The molecule has 6 nitrogen and oxygen atoms in total. The Morgan fingerprint density at radius 2 is 1.80 bits per heavy atom. The number of guanidine groups is 1. The Kier molecular flexibility index (Phi) is 12.2. The van der Waals surface area contributed by atoms with Crippen LogP contribution in [0.3, 0.4) is 0 Å². The molecule has 1 aliphatic heterocycles. The molecule has 30 heavy (non-hydrogen) atoms. The third-order valence-corrected chi connectivity index (χ3v) is 7.81. The zero-order valence-corrected chi connectivity index (χ0v) is 22.1. The second-order valence-corrected chi connectivity index (χ2v) is 9.91. The Morgan fingerprint density at radius 3 is 2.47 bits per heavy atom. The van der Waals surface area contributed by atoms with Crippen molar-refractivity contribution in [3.05, 3.63) is 0 Å². The van der Waals surface area contributed by atoms with Crippen LogP contribution in [0.1, 0.15) is 58.3 Å². The summed E-state index contributed by atoms with van der Waals surface area (Å²) in [5.74, 6) is 1.69.